The number of aliphatic hydroxyl groups is 1. The van der Waals surface area contributed by atoms with E-state index in [1.807, 2.05) is 82.4 Å². The summed E-state index contributed by atoms with van der Waals surface area (Å²) < 4.78 is 17.5. The van der Waals surface area contributed by atoms with Crippen LogP contribution in [-0.4, -0.2) is 155 Å². The molecule has 0 unspecified atom stereocenters. The average molecular weight is 988 g/mol. The Morgan fingerprint density at radius 3 is 1.71 bits per heavy atom. The summed E-state index contributed by atoms with van der Waals surface area (Å²) in [6.07, 6.45) is 7.09. The maximum atomic E-state index is 14.2. The predicted octanol–water partition coefficient (Wildman–Crippen LogP) is 3.56. The van der Waals surface area contributed by atoms with Crippen molar-refractivity contribution in [2.45, 2.75) is 83.2 Å². The van der Waals surface area contributed by atoms with Gasteiger partial charge in [0.15, 0.2) is 11.4 Å². The third kappa shape index (κ3) is 10.5. The molecule has 3 aliphatic rings. The van der Waals surface area contributed by atoms with E-state index in [-0.39, 0.29) is 60.2 Å². The number of benzene rings is 2. The summed E-state index contributed by atoms with van der Waals surface area (Å²) in [4.78, 5) is 93.6. The highest BCUT2D eigenvalue weighted by atomic mass is 16.5. The third-order valence-corrected chi connectivity index (χ3v) is 13.3. The predicted molar refractivity (Wildman–Crippen MR) is 257 cm³/mol. The zero-order chi connectivity index (χ0) is 51.4. The molecule has 3 aliphatic heterocycles. The maximum Gasteiger partial charge on any atom is 0.407 e. The average Bonchev–Trinajstić information content (AvgIpc) is 4.26. The fraction of sp³-hybridized carbons (Fsp3) is 0.429. The van der Waals surface area contributed by atoms with Crippen LogP contribution in [0.25, 0.3) is 28.0 Å². The summed E-state index contributed by atoms with van der Waals surface area (Å²) in [5.74, 6) is -2.60. The Labute approximate surface area is 414 Å². The molecule has 6 heterocycles. The second-order valence-electron chi connectivity index (χ2n) is 18.5. The lowest BCUT2D eigenvalue weighted by atomic mass is 9.95. The number of carbonyl (C=O) groups is 6. The summed E-state index contributed by atoms with van der Waals surface area (Å²) in [5, 5.41) is 31.0. The lowest BCUT2D eigenvalue weighted by molar-refractivity contribution is -0.139. The van der Waals surface area contributed by atoms with E-state index in [1.165, 1.54) is 38.4 Å². The molecule has 2 fully saturated rings. The number of ether oxygens (including phenoxy) is 3. The molecule has 0 saturated carbocycles. The number of aliphatic imine (C=N–C) groups is 1. The Hall–Kier alpha value is -8.08. The summed E-state index contributed by atoms with van der Waals surface area (Å²) in [6, 6.07) is 12.6. The zero-order valence-corrected chi connectivity index (χ0v) is 40.9. The number of hydrogen-bond donors (Lipinski definition) is 4. The van der Waals surface area contributed by atoms with Gasteiger partial charge in [-0.25, -0.2) is 28.7 Å². The molecule has 4 amide bonds. The van der Waals surface area contributed by atoms with Gasteiger partial charge in [0.05, 0.1) is 69.8 Å². The summed E-state index contributed by atoms with van der Waals surface area (Å²) >= 11 is 0. The number of nitrogens with one attached hydrogen (secondary N) is 3. The Morgan fingerprint density at radius 1 is 0.694 bits per heavy atom. The van der Waals surface area contributed by atoms with Crippen LogP contribution in [0.1, 0.15) is 97.4 Å². The lowest BCUT2D eigenvalue weighted by Crippen LogP contribution is -2.53. The number of hydrogen-bond acceptors (Lipinski definition) is 16. The van der Waals surface area contributed by atoms with Crippen LogP contribution in [-0.2, 0) is 28.6 Å². The number of H-pyrrole nitrogens is 1. The molecule has 0 bridgehead atoms. The van der Waals surface area contributed by atoms with Crippen LogP contribution >= 0.6 is 0 Å². The molecule has 8 rings (SSSR count). The number of alkyl carbamates (subject to hydrolysis) is 1. The first-order valence-corrected chi connectivity index (χ1v) is 23.5. The van der Waals surface area contributed by atoms with Crippen LogP contribution in [0.3, 0.4) is 0 Å². The molecule has 23 nitrogen and oxygen atoms in total. The first-order valence-electron chi connectivity index (χ1n) is 23.5. The number of nitrogens with zero attached hydrogens (tertiary/aromatic N) is 10. The standard InChI is InChI=1S/C49H57N13O10/c1-26(2)42(53-41(64)25-63)45(65)60-22-34(62-24-38(56-58-62)48(68)71-6)18-40(60)44-51-20-36(52-44)31-14-12-29(13-15-31)28-8-10-30(11-9-28)32-16-35(50-19-32)39-17-33(61-23-37(55-57-61)47(67)70-5)21-59(39)46(66)43(27(3)4)54-49(69)72-7/h8-15,19-20,23-24,26-27,33-34,39-40,42-43,63H,16-18,21-22,25H2,1-7H3,(H,51,52)(H,53,64)(H,54,69)/t33-,34-,39-,40-,42-,43-/m0/s1. The van der Waals surface area contributed by atoms with Crippen molar-refractivity contribution < 1.29 is 48.1 Å². The fourth-order valence-corrected chi connectivity index (χ4v) is 9.37. The van der Waals surface area contributed by atoms with Crippen LogP contribution in [0, 0.1) is 11.8 Å². The lowest BCUT2D eigenvalue weighted by Gasteiger charge is -2.31. The monoisotopic (exact) mass is 987 g/mol. The van der Waals surface area contributed by atoms with Crippen molar-refractivity contribution in [3.63, 3.8) is 0 Å². The van der Waals surface area contributed by atoms with Gasteiger partial charge in [0, 0.05) is 31.4 Å². The molecule has 2 aromatic carbocycles. The van der Waals surface area contributed by atoms with Crippen LogP contribution < -0.4 is 10.6 Å². The van der Waals surface area contributed by atoms with E-state index in [0.29, 0.717) is 25.1 Å². The van der Waals surface area contributed by atoms with Gasteiger partial charge in [-0.05, 0) is 52.5 Å². The number of carbonyl (C=O) groups excluding carboxylic acids is 6. The number of aromatic nitrogens is 8. The van der Waals surface area contributed by atoms with Crippen molar-refractivity contribution >= 4 is 47.0 Å². The highest BCUT2D eigenvalue weighted by Gasteiger charge is 2.45. The number of methoxy groups -OCH3 is 3. The van der Waals surface area contributed by atoms with Crippen LogP contribution in [0.15, 0.2) is 78.3 Å². The zero-order valence-electron chi connectivity index (χ0n) is 40.9. The van der Waals surface area contributed by atoms with Gasteiger partial charge in [-0.3, -0.25) is 19.4 Å². The van der Waals surface area contributed by atoms with Crippen molar-refractivity contribution in [3.8, 4) is 22.4 Å². The number of esters is 2. The molecule has 23 heteroatoms. The van der Waals surface area contributed by atoms with E-state index in [9.17, 15) is 33.9 Å². The molecule has 72 heavy (non-hydrogen) atoms. The molecule has 3 aromatic heterocycles. The third-order valence-electron chi connectivity index (χ3n) is 13.3. The van der Waals surface area contributed by atoms with Crippen molar-refractivity contribution in [1.82, 2.24) is 60.4 Å². The molecule has 4 N–H and O–H groups in total. The van der Waals surface area contributed by atoms with Gasteiger partial charge in [-0.2, -0.15) is 0 Å². The number of allylic oxidation sites excluding steroid dienone is 1. The van der Waals surface area contributed by atoms with Gasteiger partial charge in [0.25, 0.3) is 0 Å². The number of imidazole rings is 1. The first kappa shape index (κ1) is 50.3. The number of likely N-dealkylation sites (tertiary alicyclic amines) is 2. The van der Waals surface area contributed by atoms with Crippen molar-refractivity contribution in [3.05, 3.63) is 96.1 Å². The van der Waals surface area contributed by atoms with Gasteiger partial charge in [0.1, 0.15) is 24.5 Å². The SMILES string of the molecule is COC(=O)N[C@H](C(=O)N1C[C@@H](n2cc(C(=O)OC)nn2)C[C@H]1C1=NC=C(c2ccc(-c3ccc(-c4cnc([C@@H]5C[C@H](n6cc(C(=O)OC)nn6)CN5C(=O)[C@@H](NC(=O)CO)C(C)C)[nH]4)cc3)cc2)C1)C(C)C. The summed E-state index contributed by atoms with van der Waals surface area (Å²) in [7, 11) is 3.76. The highest BCUT2D eigenvalue weighted by Crippen LogP contribution is 2.39. The van der Waals surface area contributed by atoms with Crippen LogP contribution in [0.2, 0.25) is 0 Å². The van der Waals surface area contributed by atoms with Gasteiger partial charge in [0.2, 0.25) is 17.7 Å². The topological polar surface area (TPSA) is 283 Å². The van der Waals surface area contributed by atoms with Crippen LogP contribution in [0.5, 0.6) is 0 Å². The molecule has 0 radical (unpaired) electrons. The summed E-state index contributed by atoms with van der Waals surface area (Å²) in [6.45, 7) is 6.97. The van der Waals surface area contributed by atoms with E-state index in [0.717, 1.165) is 39.2 Å². The van der Waals surface area contributed by atoms with Gasteiger partial charge in [-0.1, -0.05) is 86.7 Å². The maximum absolute atomic E-state index is 14.2. The Morgan fingerprint density at radius 2 is 1.19 bits per heavy atom. The first-order chi connectivity index (χ1) is 34.6. The van der Waals surface area contributed by atoms with E-state index in [1.54, 1.807) is 20.7 Å². The molecule has 6 atom stereocenters. The van der Waals surface area contributed by atoms with E-state index >= 15 is 0 Å². The van der Waals surface area contributed by atoms with Crippen molar-refractivity contribution in [1.29, 1.82) is 0 Å². The molecule has 2 saturated heterocycles. The molecule has 0 spiro atoms. The number of amides is 4. The largest absolute Gasteiger partial charge is 0.464 e. The number of rotatable bonds is 16. The minimum Gasteiger partial charge on any atom is -0.464 e. The second-order valence-corrected chi connectivity index (χ2v) is 18.5. The molecule has 378 valence electrons. The minimum absolute atomic E-state index is 0.0265. The number of aromatic amines is 1. The van der Waals surface area contributed by atoms with E-state index < -0.39 is 54.7 Å². The van der Waals surface area contributed by atoms with Crippen LogP contribution in [0.4, 0.5) is 4.79 Å². The van der Waals surface area contributed by atoms with Crippen molar-refractivity contribution in [2.24, 2.45) is 16.8 Å². The van der Waals surface area contributed by atoms with Gasteiger partial charge < -0.3 is 44.7 Å². The second kappa shape index (κ2) is 21.5. The quantitative estimate of drug-likeness (QED) is 0.0813. The summed E-state index contributed by atoms with van der Waals surface area (Å²) in [5.41, 5.74) is 6.30. The Bertz CT molecular complexity index is 2890. The Balaban J connectivity index is 0.960. The Kier molecular flexibility index (Phi) is 15.0. The van der Waals surface area contributed by atoms with Gasteiger partial charge in [-0.15, -0.1) is 10.2 Å². The molecule has 0 aliphatic carbocycles. The van der Waals surface area contributed by atoms with E-state index in [4.69, 9.17) is 24.2 Å². The van der Waals surface area contributed by atoms with E-state index in [2.05, 4.69) is 36.2 Å². The smallest absolute Gasteiger partial charge is 0.407 e. The van der Waals surface area contributed by atoms with Crippen molar-refractivity contribution in [2.75, 3.05) is 41.0 Å². The highest BCUT2D eigenvalue weighted by molar-refractivity contribution is 6.04. The van der Waals surface area contributed by atoms with Gasteiger partial charge >= 0.3 is 18.0 Å². The molecular formula is C49H57N13O10. The molecule has 5 aromatic rings. The number of aliphatic hydroxyl groups excluding tert-OH is 1. The fourth-order valence-electron chi connectivity index (χ4n) is 9.37. The molecular weight excluding hydrogens is 931 g/mol. The normalized spacial score (nSPS) is 19.5. The minimum atomic E-state index is -0.919.